The molecule has 0 saturated carbocycles. The molecule has 0 unspecified atom stereocenters. The van der Waals surface area contributed by atoms with Gasteiger partial charge in [0.15, 0.2) is 0 Å². The predicted molar refractivity (Wildman–Crippen MR) is 96.8 cm³/mol. The van der Waals surface area contributed by atoms with Crippen LogP contribution < -0.4 is 22.3 Å². The molecule has 0 radical (unpaired) electrons. The molecule has 0 atom stereocenters. The van der Waals surface area contributed by atoms with E-state index in [0.717, 1.165) is 10.4 Å². The van der Waals surface area contributed by atoms with Crippen LogP contribution in [0.3, 0.4) is 0 Å². The molecule has 24 heavy (non-hydrogen) atoms. The first-order valence-corrected chi connectivity index (χ1v) is 8.99. The van der Waals surface area contributed by atoms with Crippen molar-refractivity contribution in [2.24, 2.45) is 5.73 Å². The van der Waals surface area contributed by atoms with E-state index < -0.39 is 6.67 Å². The minimum atomic E-state index is -0.496. The van der Waals surface area contributed by atoms with Crippen LogP contribution in [0.2, 0.25) is 0 Å². The maximum Gasteiger partial charge on any atom is 0.332 e. The maximum absolute atomic E-state index is 12.8. The second-order valence-electron chi connectivity index (χ2n) is 6.04. The van der Waals surface area contributed by atoms with Crippen molar-refractivity contribution < 1.29 is 4.39 Å². The van der Waals surface area contributed by atoms with Crippen molar-refractivity contribution >= 4 is 21.6 Å². The first-order valence-electron chi connectivity index (χ1n) is 8.18. The molecular weight excluding hydrogens is 331 g/mol. The number of aromatic nitrogens is 2. The molecule has 6 nitrogen and oxygen atoms in total. The number of alkyl halides is 1. The standard InChI is InChI=1S/C16H25FN4O2S/c1-10(2)21-14(22)13-11(3)12(9-19-7-6-18)24-15(13)20(16(21)23)8-4-5-17/h10,19H,4-9,18H2,1-3H3. The van der Waals surface area contributed by atoms with E-state index in [2.05, 4.69) is 5.32 Å². The number of aryl methyl sites for hydroxylation is 2. The van der Waals surface area contributed by atoms with E-state index in [1.165, 1.54) is 15.9 Å². The minimum absolute atomic E-state index is 0.246. The highest BCUT2D eigenvalue weighted by Crippen LogP contribution is 2.28. The summed E-state index contributed by atoms with van der Waals surface area (Å²) in [6.45, 7) is 7.09. The van der Waals surface area contributed by atoms with Gasteiger partial charge in [-0.1, -0.05) is 0 Å². The van der Waals surface area contributed by atoms with Crippen LogP contribution in [0.1, 0.15) is 36.8 Å². The summed E-state index contributed by atoms with van der Waals surface area (Å²) in [6.07, 6.45) is 0.253. The van der Waals surface area contributed by atoms with Gasteiger partial charge in [0, 0.05) is 37.1 Å². The van der Waals surface area contributed by atoms with Crippen molar-refractivity contribution in [2.45, 2.75) is 46.3 Å². The van der Waals surface area contributed by atoms with Gasteiger partial charge in [-0.15, -0.1) is 11.3 Å². The summed E-state index contributed by atoms with van der Waals surface area (Å²) < 4.78 is 15.4. The lowest BCUT2D eigenvalue weighted by molar-refractivity contribution is 0.435. The summed E-state index contributed by atoms with van der Waals surface area (Å²) in [7, 11) is 0. The van der Waals surface area contributed by atoms with E-state index >= 15 is 0 Å². The van der Waals surface area contributed by atoms with E-state index in [-0.39, 0.29) is 30.3 Å². The fourth-order valence-electron chi connectivity index (χ4n) is 2.75. The van der Waals surface area contributed by atoms with E-state index in [1.54, 1.807) is 18.4 Å². The van der Waals surface area contributed by atoms with E-state index in [1.807, 2.05) is 6.92 Å². The highest BCUT2D eigenvalue weighted by atomic mass is 32.1. The van der Waals surface area contributed by atoms with Crippen LogP contribution in [-0.2, 0) is 13.1 Å². The molecule has 0 fully saturated rings. The Morgan fingerprint density at radius 1 is 1.33 bits per heavy atom. The molecule has 2 rings (SSSR count). The van der Waals surface area contributed by atoms with Gasteiger partial charge in [0.25, 0.3) is 5.56 Å². The molecule has 2 aromatic heterocycles. The number of halogens is 1. The number of hydrogen-bond acceptors (Lipinski definition) is 5. The smallest absolute Gasteiger partial charge is 0.329 e. The lowest BCUT2D eigenvalue weighted by Crippen LogP contribution is -2.40. The molecular formula is C16H25FN4O2S. The number of fused-ring (bicyclic) bond motifs is 1. The van der Waals surface area contributed by atoms with Crippen LogP contribution in [0.25, 0.3) is 10.2 Å². The van der Waals surface area contributed by atoms with Crippen molar-refractivity contribution in [3.8, 4) is 0 Å². The molecule has 0 amide bonds. The molecule has 0 aliphatic carbocycles. The Balaban J connectivity index is 2.70. The topological polar surface area (TPSA) is 82.1 Å². The zero-order valence-corrected chi connectivity index (χ0v) is 15.2. The summed E-state index contributed by atoms with van der Waals surface area (Å²) in [6, 6.07) is -0.246. The first kappa shape index (κ1) is 18.8. The molecule has 0 bridgehead atoms. The third kappa shape index (κ3) is 3.45. The molecule has 2 aromatic rings. The fourth-order valence-corrected chi connectivity index (χ4v) is 4.04. The molecule has 0 aromatic carbocycles. The molecule has 3 N–H and O–H groups in total. The SMILES string of the molecule is Cc1c(CNCCN)sc2c1c(=O)n(C(C)C)c(=O)n2CCCF. The summed E-state index contributed by atoms with van der Waals surface area (Å²) in [5.41, 5.74) is 5.74. The molecule has 8 heteroatoms. The Kier molecular flexibility index (Phi) is 6.31. The third-order valence-electron chi connectivity index (χ3n) is 3.98. The van der Waals surface area contributed by atoms with Crippen LogP contribution >= 0.6 is 11.3 Å². The van der Waals surface area contributed by atoms with Crippen molar-refractivity contribution in [1.29, 1.82) is 0 Å². The zero-order valence-electron chi connectivity index (χ0n) is 14.4. The predicted octanol–water partition coefficient (Wildman–Crippen LogP) is 1.52. The van der Waals surface area contributed by atoms with Gasteiger partial charge in [-0.3, -0.25) is 18.3 Å². The van der Waals surface area contributed by atoms with E-state index in [0.29, 0.717) is 29.9 Å². The molecule has 0 aliphatic heterocycles. The van der Waals surface area contributed by atoms with Crippen LogP contribution in [-0.4, -0.2) is 28.9 Å². The average Bonchev–Trinajstić information content (AvgIpc) is 2.84. The Morgan fingerprint density at radius 3 is 2.62 bits per heavy atom. The Labute approximate surface area is 144 Å². The Morgan fingerprint density at radius 2 is 2.04 bits per heavy atom. The number of thiophene rings is 1. The first-order chi connectivity index (χ1) is 11.4. The molecule has 0 saturated heterocycles. The van der Waals surface area contributed by atoms with Crippen molar-refractivity contribution in [3.63, 3.8) is 0 Å². The van der Waals surface area contributed by atoms with E-state index in [4.69, 9.17) is 5.73 Å². The summed E-state index contributed by atoms with van der Waals surface area (Å²) >= 11 is 1.42. The second kappa shape index (κ2) is 8.04. The largest absolute Gasteiger partial charge is 0.332 e. The van der Waals surface area contributed by atoms with Gasteiger partial charge in [0.05, 0.1) is 12.1 Å². The number of nitrogens with zero attached hydrogens (tertiary/aromatic N) is 2. The monoisotopic (exact) mass is 356 g/mol. The van der Waals surface area contributed by atoms with Crippen molar-refractivity contribution in [1.82, 2.24) is 14.5 Å². The number of nitrogens with one attached hydrogen (secondary N) is 1. The van der Waals surface area contributed by atoms with Crippen LogP contribution in [0.15, 0.2) is 9.59 Å². The summed E-state index contributed by atoms with van der Waals surface area (Å²) in [5, 5.41) is 3.78. The normalized spacial score (nSPS) is 11.8. The van der Waals surface area contributed by atoms with Gasteiger partial charge < -0.3 is 11.1 Å². The van der Waals surface area contributed by atoms with Gasteiger partial charge in [-0.2, -0.15) is 0 Å². The van der Waals surface area contributed by atoms with Gasteiger partial charge >= 0.3 is 5.69 Å². The van der Waals surface area contributed by atoms with Crippen LogP contribution in [0, 0.1) is 6.92 Å². The van der Waals surface area contributed by atoms with Gasteiger partial charge in [0.1, 0.15) is 4.83 Å². The molecule has 134 valence electrons. The van der Waals surface area contributed by atoms with Gasteiger partial charge in [0.2, 0.25) is 0 Å². The minimum Gasteiger partial charge on any atom is -0.329 e. The number of nitrogens with two attached hydrogens (primary N) is 1. The van der Waals surface area contributed by atoms with Crippen molar-refractivity contribution in [2.75, 3.05) is 19.8 Å². The summed E-state index contributed by atoms with van der Waals surface area (Å²) in [4.78, 5) is 27.2. The highest BCUT2D eigenvalue weighted by molar-refractivity contribution is 7.18. The molecule has 0 spiro atoms. The third-order valence-corrected chi connectivity index (χ3v) is 5.30. The van der Waals surface area contributed by atoms with Crippen LogP contribution in [0.4, 0.5) is 4.39 Å². The van der Waals surface area contributed by atoms with Gasteiger partial charge in [-0.25, -0.2) is 4.79 Å². The zero-order chi connectivity index (χ0) is 17.9. The van der Waals surface area contributed by atoms with Crippen molar-refractivity contribution in [3.05, 3.63) is 31.3 Å². The van der Waals surface area contributed by atoms with E-state index in [9.17, 15) is 14.0 Å². The quantitative estimate of drug-likeness (QED) is 0.703. The van der Waals surface area contributed by atoms with Crippen LogP contribution in [0.5, 0.6) is 0 Å². The molecule has 2 heterocycles. The Bertz CT molecular complexity index is 822. The summed E-state index contributed by atoms with van der Waals surface area (Å²) in [5.74, 6) is 0. The molecule has 0 aliphatic rings. The fraction of sp³-hybridized carbons (Fsp3) is 0.625. The highest BCUT2D eigenvalue weighted by Gasteiger charge is 2.20. The lowest BCUT2D eigenvalue weighted by Gasteiger charge is -2.14. The average molecular weight is 356 g/mol. The van der Waals surface area contributed by atoms with Gasteiger partial charge in [-0.05, 0) is 32.8 Å². The number of hydrogen-bond donors (Lipinski definition) is 2. The second-order valence-corrected chi connectivity index (χ2v) is 7.13. The Hall–Kier alpha value is -1.51. The maximum atomic E-state index is 12.8. The lowest BCUT2D eigenvalue weighted by atomic mass is 10.2. The number of rotatable bonds is 8.